The predicted octanol–water partition coefficient (Wildman–Crippen LogP) is 2.70. The van der Waals surface area contributed by atoms with Crippen LogP contribution in [0.25, 0.3) is 0 Å². The summed E-state index contributed by atoms with van der Waals surface area (Å²) in [5.41, 5.74) is 5.97. The van der Waals surface area contributed by atoms with E-state index in [9.17, 15) is 9.59 Å². The molecule has 6 heteroatoms. The number of primary amides is 1. The number of carbonyl (C=O) groups excluding carboxylic acids is 2. The minimum atomic E-state index is -0.534. The van der Waals surface area contributed by atoms with E-state index in [0.29, 0.717) is 24.4 Å². The first kappa shape index (κ1) is 17.3. The molecule has 116 valence electrons. The van der Waals surface area contributed by atoms with E-state index in [4.69, 9.17) is 17.3 Å². The van der Waals surface area contributed by atoms with Gasteiger partial charge in [-0.2, -0.15) is 0 Å². The molecule has 0 heterocycles. The third-order valence-corrected chi connectivity index (χ3v) is 3.66. The van der Waals surface area contributed by atoms with Gasteiger partial charge < -0.3 is 16.0 Å². The van der Waals surface area contributed by atoms with E-state index in [2.05, 4.69) is 5.32 Å². The fraction of sp³-hybridized carbons (Fsp3) is 0.467. The van der Waals surface area contributed by atoms with Crippen LogP contribution >= 0.6 is 11.6 Å². The number of carbonyl (C=O) groups is 2. The maximum absolute atomic E-state index is 12.1. The SMILES string of the molecule is CC(c1cccc(Cl)c1)N(C)C(=O)CCCCNC(N)=O. The normalized spacial score (nSPS) is 11.8. The Kier molecular flexibility index (Phi) is 7.02. The monoisotopic (exact) mass is 311 g/mol. The average molecular weight is 312 g/mol. The number of nitrogens with one attached hydrogen (secondary N) is 1. The van der Waals surface area contributed by atoms with Gasteiger partial charge in [0.05, 0.1) is 6.04 Å². The van der Waals surface area contributed by atoms with Crippen molar-refractivity contribution < 1.29 is 9.59 Å². The van der Waals surface area contributed by atoms with Gasteiger partial charge in [-0.1, -0.05) is 23.7 Å². The molecule has 0 aliphatic heterocycles. The highest BCUT2D eigenvalue weighted by Crippen LogP contribution is 2.22. The summed E-state index contributed by atoms with van der Waals surface area (Å²) in [6.07, 6.45) is 1.89. The van der Waals surface area contributed by atoms with Crippen LogP contribution in [0.5, 0.6) is 0 Å². The van der Waals surface area contributed by atoms with E-state index in [0.717, 1.165) is 12.0 Å². The zero-order valence-corrected chi connectivity index (χ0v) is 13.2. The molecule has 0 aliphatic carbocycles. The molecule has 1 unspecified atom stereocenters. The molecule has 5 nitrogen and oxygen atoms in total. The van der Waals surface area contributed by atoms with Gasteiger partial charge in [-0.3, -0.25) is 4.79 Å². The Morgan fingerprint density at radius 3 is 2.71 bits per heavy atom. The van der Waals surface area contributed by atoms with Crippen LogP contribution in [0.1, 0.15) is 37.8 Å². The van der Waals surface area contributed by atoms with Gasteiger partial charge in [-0.15, -0.1) is 0 Å². The lowest BCUT2D eigenvalue weighted by Crippen LogP contribution is -2.31. The van der Waals surface area contributed by atoms with Crippen LogP contribution in [-0.2, 0) is 4.79 Å². The molecule has 1 atom stereocenters. The van der Waals surface area contributed by atoms with Gasteiger partial charge in [-0.05, 0) is 37.5 Å². The molecule has 0 aromatic heterocycles. The predicted molar refractivity (Wildman–Crippen MR) is 84.1 cm³/mol. The second kappa shape index (κ2) is 8.52. The lowest BCUT2D eigenvalue weighted by molar-refractivity contribution is -0.131. The van der Waals surface area contributed by atoms with E-state index in [1.807, 2.05) is 31.2 Å². The van der Waals surface area contributed by atoms with Crippen molar-refractivity contribution in [1.29, 1.82) is 0 Å². The van der Waals surface area contributed by atoms with Gasteiger partial charge in [0.25, 0.3) is 0 Å². The number of halogens is 1. The van der Waals surface area contributed by atoms with Crippen LogP contribution in [0.3, 0.4) is 0 Å². The number of amides is 3. The molecular weight excluding hydrogens is 290 g/mol. The highest BCUT2D eigenvalue weighted by molar-refractivity contribution is 6.30. The topological polar surface area (TPSA) is 75.4 Å². The van der Waals surface area contributed by atoms with Crippen molar-refractivity contribution in [1.82, 2.24) is 10.2 Å². The summed E-state index contributed by atoms with van der Waals surface area (Å²) >= 11 is 5.97. The quantitative estimate of drug-likeness (QED) is 0.760. The Morgan fingerprint density at radius 2 is 2.10 bits per heavy atom. The highest BCUT2D eigenvalue weighted by Gasteiger charge is 2.17. The smallest absolute Gasteiger partial charge is 0.312 e. The number of nitrogens with zero attached hydrogens (tertiary/aromatic N) is 1. The summed E-state index contributed by atoms with van der Waals surface area (Å²) in [4.78, 5) is 24.3. The van der Waals surface area contributed by atoms with Crippen molar-refractivity contribution in [3.8, 4) is 0 Å². The summed E-state index contributed by atoms with van der Waals surface area (Å²) in [5.74, 6) is 0.0709. The Balaban J connectivity index is 2.41. The lowest BCUT2D eigenvalue weighted by atomic mass is 10.1. The summed E-state index contributed by atoms with van der Waals surface area (Å²) in [6.45, 7) is 2.47. The summed E-state index contributed by atoms with van der Waals surface area (Å²) in [5, 5.41) is 3.17. The minimum Gasteiger partial charge on any atom is -0.352 e. The average Bonchev–Trinajstić information content (AvgIpc) is 2.44. The standard InChI is InChI=1S/C15H22ClN3O2/c1-11(12-6-5-7-13(16)10-12)19(2)14(20)8-3-4-9-18-15(17)21/h5-7,10-11H,3-4,8-9H2,1-2H3,(H3,17,18,21). The number of hydrogen-bond acceptors (Lipinski definition) is 2. The van der Waals surface area contributed by atoms with Gasteiger partial charge in [-0.25, -0.2) is 4.79 Å². The molecule has 1 aromatic rings. The Bertz CT molecular complexity index is 494. The van der Waals surface area contributed by atoms with Crippen LogP contribution < -0.4 is 11.1 Å². The molecule has 1 rings (SSSR count). The van der Waals surface area contributed by atoms with Crippen LogP contribution in [0.2, 0.25) is 5.02 Å². The molecule has 0 fully saturated rings. The Morgan fingerprint density at radius 1 is 1.38 bits per heavy atom. The van der Waals surface area contributed by atoms with E-state index in [-0.39, 0.29) is 11.9 Å². The largest absolute Gasteiger partial charge is 0.352 e. The third kappa shape index (κ3) is 6.04. The number of urea groups is 1. The van der Waals surface area contributed by atoms with E-state index in [1.54, 1.807) is 11.9 Å². The van der Waals surface area contributed by atoms with Crippen molar-refractivity contribution in [2.45, 2.75) is 32.2 Å². The molecule has 3 N–H and O–H groups in total. The van der Waals surface area contributed by atoms with Crippen LogP contribution in [-0.4, -0.2) is 30.4 Å². The van der Waals surface area contributed by atoms with Crippen molar-refractivity contribution >= 4 is 23.5 Å². The number of hydrogen-bond donors (Lipinski definition) is 2. The highest BCUT2D eigenvalue weighted by atomic mass is 35.5. The summed E-state index contributed by atoms with van der Waals surface area (Å²) in [6, 6.07) is 6.95. The first-order valence-corrected chi connectivity index (χ1v) is 7.34. The number of rotatable bonds is 7. The number of unbranched alkanes of at least 4 members (excludes halogenated alkanes) is 1. The second-order valence-electron chi connectivity index (χ2n) is 4.98. The number of nitrogens with two attached hydrogens (primary N) is 1. The molecule has 3 amide bonds. The molecule has 1 aromatic carbocycles. The first-order valence-electron chi connectivity index (χ1n) is 6.96. The second-order valence-corrected chi connectivity index (χ2v) is 5.42. The molecule has 0 saturated carbocycles. The molecule has 0 spiro atoms. The van der Waals surface area contributed by atoms with Gasteiger partial charge in [0.15, 0.2) is 0 Å². The van der Waals surface area contributed by atoms with Gasteiger partial charge in [0.2, 0.25) is 5.91 Å². The number of benzene rings is 1. The maximum Gasteiger partial charge on any atom is 0.312 e. The van der Waals surface area contributed by atoms with Crippen molar-refractivity contribution in [3.05, 3.63) is 34.9 Å². The lowest BCUT2D eigenvalue weighted by Gasteiger charge is -2.25. The van der Waals surface area contributed by atoms with Crippen molar-refractivity contribution in [2.75, 3.05) is 13.6 Å². The zero-order chi connectivity index (χ0) is 15.8. The maximum atomic E-state index is 12.1. The van der Waals surface area contributed by atoms with Crippen LogP contribution in [0.15, 0.2) is 24.3 Å². The fourth-order valence-electron chi connectivity index (χ4n) is 2.00. The molecule has 0 saturated heterocycles. The molecule has 0 aliphatic rings. The Hall–Kier alpha value is -1.75. The summed E-state index contributed by atoms with van der Waals surface area (Å²) < 4.78 is 0. The molecule has 0 bridgehead atoms. The summed E-state index contributed by atoms with van der Waals surface area (Å²) in [7, 11) is 1.79. The van der Waals surface area contributed by atoms with Crippen LogP contribution in [0.4, 0.5) is 4.79 Å². The van der Waals surface area contributed by atoms with E-state index in [1.165, 1.54) is 0 Å². The Labute approximate surface area is 130 Å². The molecule has 21 heavy (non-hydrogen) atoms. The molecule has 0 radical (unpaired) electrons. The van der Waals surface area contributed by atoms with Gasteiger partial charge in [0.1, 0.15) is 0 Å². The third-order valence-electron chi connectivity index (χ3n) is 3.42. The first-order chi connectivity index (χ1) is 9.91. The van der Waals surface area contributed by atoms with Crippen molar-refractivity contribution in [3.63, 3.8) is 0 Å². The fourth-order valence-corrected chi connectivity index (χ4v) is 2.19. The van der Waals surface area contributed by atoms with Crippen LogP contribution in [0, 0.1) is 0 Å². The van der Waals surface area contributed by atoms with E-state index < -0.39 is 6.03 Å². The van der Waals surface area contributed by atoms with Gasteiger partial charge in [0, 0.05) is 25.0 Å². The minimum absolute atomic E-state index is 0.0278. The molecular formula is C15H22ClN3O2. The zero-order valence-electron chi connectivity index (χ0n) is 12.4. The van der Waals surface area contributed by atoms with Gasteiger partial charge >= 0.3 is 6.03 Å². The van der Waals surface area contributed by atoms with Crippen molar-refractivity contribution in [2.24, 2.45) is 5.73 Å². The van der Waals surface area contributed by atoms with E-state index >= 15 is 0 Å².